The summed E-state index contributed by atoms with van der Waals surface area (Å²) in [6, 6.07) is 5.31. The van der Waals surface area contributed by atoms with Crippen molar-refractivity contribution in [1.82, 2.24) is 4.90 Å². The Morgan fingerprint density at radius 2 is 1.50 bits per heavy atom. The lowest BCUT2D eigenvalue weighted by atomic mass is 9.70. The number of carbonyl (C=O) groups is 2. The zero-order chi connectivity index (χ0) is 32.7. The molecule has 240 valence electrons. The van der Waals surface area contributed by atoms with Crippen LogP contribution in [0.3, 0.4) is 0 Å². The number of carboxylic acids is 1. The number of hydrogen-bond donors (Lipinski definition) is 1. The number of halogens is 8. The summed E-state index contributed by atoms with van der Waals surface area (Å²) in [5.41, 5.74) is -8.90. The van der Waals surface area contributed by atoms with Gasteiger partial charge in [0.25, 0.3) is 0 Å². The maximum atomic E-state index is 15.0. The van der Waals surface area contributed by atoms with Gasteiger partial charge in [0, 0.05) is 22.5 Å². The second-order valence-electron chi connectivity index (χ2n) is 12.0. The van der Waals surface area contributed by atoms with Gasteiger partial charge in [-0.2, -0.15) is 26.3 Å². The number of amides is 1. The highest BCUT2D eigenvalue weighted by Gasteiger charge is 2.74. The molecule has 6 nitrogen and oxygen atoms in total. The van der Waals surface area contributed by atoms with Crippen LogP contribution in [0.4, 0.5) is 30.7 Å². The number of aliphatic carboxylic acids is 1. The molecule has 2 aliphatic carbocycles. The van der Waals surface area contributed by atoms with Crippen LogP contribution in [0.1, 0.15) is 55.7 Å². The predicted octanol–water partition coefficient (Wildman–Crippen LogP) is 6.74. The molecule has 2 unspecified atom stereocenters. The van der Waals surface area contributed by atoms with E-state index in [1.54, 1.807) is 6.92 Å². The first-order chi connectivity index (χ1) is 20.2. The lowest BCUT2D eigenvalue weighted by Crippen LogP contribution is -2.51. The largest absolute Gasteiger partial charge is 0.481 e. The van der Waals surface area contributed by atoms with Crippen molar-refractivity contribution >= 4 is 33.3 Å². The van der Waals surface area contributed by atoms with E-state index < -0.39 is 73.8 Å². The summed E-state index contributed by atoms with van der Waals surface area (Å²) in [7, 11) is -4.48. The van der Waals surface area contributed by atoms with Crippen molar-refractivity contribution in [3.8, 4) is 0 Å². The Morgan fingerprint density at radius 1 is 0.932 bits per heavy atom. The smallest absolute Gasteiger partial charge is 0.435 e. The van der Waals surface area contributed by atoms with Crippen molar-refractivity contribution in [1.29, 1.82) is 0 Å². The lowest BCUT2D eigenvalue weighted by molar-refractivity contribution is -0.348. The number of rotatable bonds is 5. The average Bonchev–Trinajstić information content (AvgIpc) is 3.47. The first-order valence-electron chi connectivity index (χ1n) is 13.7. The molecule has 1 saturated heterocycles. The summed E-state index contributed by atoms with van der Waals surface area (Å²) in [5.74, 6) is -2.15. The number of fused-ring (bicyclic) bond motifs is 3. The van der Waals surface area contributed by atoms with Gasteiger partial charge < -0.3 is 10.0 Å². The monoisotopic (exact) mass is 669 g/mol. The lowest BCUT2D eigenvalue weighted by Gasteiger charge is -2.40. The molecule has 2 fully saturated rings. The molecule has 1 aliphatic heterocycles. The fourth-order valence-corrected chi connectivity index (χ4v) is 9.58. The molecule has 3 aliphatic rings. The van der Waals surface area contributed by atoms with Gasteiger partial charge in [0.1, 0.15) is 4.75 Å². The van der Waals surface area contributed by atoms with Crippen LogP contribution in [0.2, 0.25) is 5.02 Å². The fraction of sp³-hybridized carbons (Fsp3) is 0.517. The standard InChI is InChI=1S/C29H27ClF7NO5S/c1-25(10-8-16(9-11-25)23(39)40)24(41)38-13-12-26(44(42,43)20-5-3-19(30)4-6-20)21-7-2-18(14-17(21)15-22(26)38)27(31,28(32,33)34)29(35,36)37/h2-7,14,16,22H,8-13,15H2,1H3,(H,39,40). The van der Waals surface area contributed by atoms with E-state index in [4.69, 9.17) is 11.6 Å². The Hall–Kier alpha value is -2.87. The van der Waals surface area contributed by atoms with Gasteiger partial charge in [-0.25, -0.2) is 12.8 Å². The highest BCUT2D eigenvalue weighted by molar-refractivity contribution is 7.92. The number of alkyl halides is 7. The zero-order valence-electron chi connectivity index (χ0n) is 23.1. The SMILES string of the molecule is CC1(C(=O)N2CCC3(S(=O)(=O)c4ccc(Cl)cc4)c4ccc(C(F)(C(F)(F)F)C(F)(F)F)cc4CC23)CCC(C(=O)O)CC1. The Kier molecular flexibility index (Phi) is 7.63. The van der Waals surface area contributed by atoms with Crippen LogP contribution in [0.5, 0.6) is 0 Å². The minimum Gasteiger partial charge on any atom is -0.481 e. The zero-order valence-corrected chi connectivity index (χ0v) is 24.7. The van der Waals surface area contributed by atoms with Crippen molar-refractivity contribution in [2.24, 2.45) is 11.3 Å². The first-order valence-corrected chi connectivity index (χ1v) is 15.6. The van der Waals surface area contributed by atoms with E-state index in [-0.39, 0.29) is 59.7 Å². The van der Waals surface area contributed by atoms with E-state index in [9.17, 15) is 49.5 Å². The van der Waals surface area contributed by atoms with Gasteiger partial charge in [-0.15, -0.1) is 0 Å². The molecular formula is C29H27ClF7NO5S. The molecule has 2 aromatic carbocycles. The van der Waals surface area contributed by atoms with Crippen LogP contribution in [0, 0.1) is 11.3 Å². The molecule has 5 rings (SSSR count). The third-order valence-corrected chi connectivity index (χ3v) is 12.4. The molecular weight excluding hydrogens is 643 g/mol. The molecule has 2 aromatic rings. The van der Waals surface area contributed by atoms with Crippen molar-refractivity contribution in [3.63, 3.8) is 0 Å². The van der Waals surface area contributed by atoms with E-state index in [1.807, 2.05) is 0 Å². The number of nitrogens with zero attached hydrogens (tertiary/aromatic N) is 1. The summed E-state index contributed by atoms with van der Waals surface area (Å²) in [5, 5.41) is 9.58. The van der Waals surface area contributed by atoms with E-state index in [2.05, 4.69) is 0 Å². The first kappa shape index (κ1) is 32.5. The molecule has 44 heavy (non-hydrogen) atoms. The van der Waals surface area contributed by atoms with Gasteiger partial charge in [-0.3, -0.25) is 9.59 Å². The second-order valence-corrected chi connectivity index (χ2v) is 14.7. The van der Waals surface area contributed by atoms with Crippen LogP contribution in [-0.4, -0.2) is 55.2 Å². The van der Waals surface area contributed by atoms with Crippen molar-refractivity contribution < 1.29 is 53.8 Å². The summed E-state index contributed by atoms with van der Waals surface area (Å²) in [6.45, 7) is 1.54. The van der Waals surface area contributed by atoms with Crippen LogP contribution in [0.25, 0.3) is 0 Å². The molecule has 0 bridgehead atoms. The molecule has 0 spiro atoms. The van der Waals surface area contributed by atoms with Gasteiger partial charge in [-0.05, 0) is 73.9 Å². The molecule has 1 N–H and O–H groups in total. The van der Waals surface area contributed by atoms with Gasteiger partial charge in [-0.1, -0.05) is 36.7 Å². The van der Waals surface area contributed by atoms with Crippen LogP contribution in [0.15, 0.2) is 47.4 Å². The summed E-state index contributed by atoms with van der Waals surface area (Å²) < 4.78 is 123. The third kappa shape index (κ3) is 4.61. The maximum absolute atomic E-state index is 15.0. The quantitative estimate of drug-likeness (QED) is 0.357. The van der Waals surface area contributed by atoms with E-state index in [1.165, 1.54) is 29.2 Å². The van der Waals surface area contributed by atoms with Crippen LogP contribution >= 0.6 is 11.6 Å². The third-order valence-electron chi connectivity index (χ3n) is 9.61. The van der Waals surface area contributed by atoms with Crippen LogP contribution < -0.4 is 0 Å². The number of carbonyl (C=O) groups excluding carboxylic acids is 1. The minimum absolute atomic E-state index is 0.0897. The Morgan fingerprint density at radius 3 is 2.02 bits per heavy atom. The number of hydrogen-bond acceptors (Lipinski definition) is 4. The molecule has 15 heteroatoms. The van der Waals surface area contributed by atoms with Gasteiger partial charge >= 0.3 is 24.0 Å². The summed E-state index contributed by atoms with van der Waals surface area (Å²) in [6.07, 6.45) is -12.7. The predicted molar refractivity (Wildman–Crippen MR) is 143 cm³/mol. The van der Waals surface area contributed by atoms with Crippen LogP contribution in [-0.2, 0) is 36.3 Å². The van der Waals surface area contributed by atoms with Gasteiger partial charge in [0.2, 0.25) is 5.91 Å². The van der Waals surface area contributed by atoms with E-state index >= 15 is 4.39 Å². The van der Waals surface area contributed by atoms with E-state index in [0.29, 0.717) is 12.1 Å². The van der Waals surface area contributed by atoms with E-state index in [0.717, 1.165) is 6.07 Å². The minimum atomic E-state index is -6.37. The molecule has 0 aromatic heterocycles. The fourth-order valence-electron chi connectivity index (χ4n) is 7.12. The molecule has 2 atom stereocenters. The number of likely N-dealkylation sites (tertiary alicyclic amines) is 1. The number of benzene rings is 2. The highest BCUT2D eigenvalue weighted by Crippen LogP contribution is 2.58. The summed E-state index contributed by atoms with van der Waals surface area (Å²) >= 11 is 5.94. The topological polar surface area (TPSA) is 91.8 Å². The van der Waals surface area contributed by atoms with Crippen molar-refractivity contribution in [3.05, 3.63) is 64.2 Å². The Labute approximate surface area is 253 Å². The molecule has 1 saturated carbocycles. The Balaban J connectivity index is 1.64. The van der Waals surface area contributed by atoms with Crippen molar-refractivity contribution in [2.75, 3.05) is 6.54 Å². The van der Waals surface area contributed by atoms with Gasteiger partial charge in [0.05, 0.1) is 16.9 Å². The Bertz CT molecular complexity index is 1590. The van der Waals surface area contributed by atoms with Gasteiger partial charge in [0.15, 0.2) is 9.84 Å². The normalized spacial score (nSPS) is 27.6. The average molecular weight is 670 g/mol. The second kappa shape index (κ2) is 10.3. The summed E-state index contributed by atoms with van der Waals surface area (Å²) in [4.78, 5) is 26.6. The number of carboxylic acid groups (broad SMARTS) is 1. The molecule has 0 radical (unpaired) electrons. The van der Waals surface area contributed by atoms with Crippen molar-refractivity contribution in [2.45, 2.75) is 79.2 Å². The highest BCUT2D eigenvalue weighted by atomic mass is 35.5. The molecule has 1 amide bonds. The maximum Gasteiger partial charge on any atom is 0.435 e. The number of sulfone groups is 1. The molecule has 1 heterocycles.